The van der Waals surface area contributed by atoms with Crippen molar-refractivity contribution in [2.24, 2.45) is 0 Å². The summed E-state index contributed by atoms with van der Waals surface area (Å²) in [7, 11) is 0. The largest absolute Gasteiger partial charge is 0.467 e. The number of benzene rings is 1. The second-order valence-electron chi connectivity index (χ2n) is 4.69. The van der Waals surface area contributed by atoms with E-state index in [0.717, 1.165) is 0 Å². The minimum atomic E-state index is -0.648. The molecule has 0 saturated heterocycles. The molecule has 120 valence electrons. The van der Waals surface area contributed by atoms with Crippen molar-refractivity contribution in [1.29, 1.82) is 0 Å². The molecule has 0 spiro atoms. The molecule has 0 unspecified atom stereocenters. The van der Waals surface area contributed by atoms with Crippen molar-refractivity contribution in [2.75, 3.05) is 11.9 Å². The Bertz CT molecular complexity index is 694. The van der Waals surface area contributed by atoms with E-state index >= 15 is 0 Å². The van der Waals surface area contributed by atoms with Gasteiger partial charge in [-0.1, -0.05) is 6.07 Å². The highest BCUT2D eigenvalue weighted by molar-refractivity contribution is 5.94. The van der Waals surface area contributed by atoms with Crippen LogP contribution >= 0.6 is 0 Å². The lowest BCUT2D eigenvalue weighted by molar-refractivity contribution is -0.124. The lowest BCUT2D eigenvalue weighted by Crippen LogP contribution is -2.28. The number of hydrogen-bond donors (Lipinski definition) is 2. The molecule has 1 aromatic carbocycles. The first-order chi connectivity index (χ1) is 11.0. The van der Waals surface area contributed by atoms with Gasteiger partial charge in [0.25, 0.3) is 5.91 Å². The Morgan fingerprint density at radius 2 is 2.00 bits per heavy atom. The molecule has 2 aromatic rings. The summed E-state index contributed by atoms with van der Waals surface area (Å²) in [6.45, 7) is 1.19. The Balaban J connectivity index is 1.82. The molecule has 0 aliphatic heterocycles. The lowest BCUT2D eigenvalue weighted by atomic mass is 10.2. The number of anilines is 1. The van der Waals surface area contributed by atoms with Gasteiger partial charge in [0.1, 0.15) is 5.76 Å². The van der Waals surface area contributed by atoms with Crippen LogP contribution in [0, 0.1) is 0 Å². The van der Waals surface area contributed by atoms with Gasteiger partial charge in [-0.25, -0.2) is 4.79 Å². The van der Waals surface area contributed by atoms with Crippen LogP contribution in [0.3, 0.4) is 0 Å². The van der Waals surface area contributed by atoms with E-state index in [-0.39, 0.29) is 18.0 Å². The summed E-state index contributed by atoms with van der Waals surface area (Å²) < 4.78 is 9.99. The van der Waals surface area contributed by atoms with Crippen LogP contribution in [0.5, 0.6) is 0 Å². The third-order valence-corrected chi connectivity index (χ3v) is 2.79. The molecule has 0 fully saturated rings. The topological polar surface area (TPSA) is 97.6 Å². The Kier molecular flexibility index (Phi) is 5.51. The molecule has 23 heavy (non-hydrogen) atoms. The van der Waals surface area contributed by atoms with E-state index < -0.39 is 18.5 Å². The second-order valence-corrected chi connectivity index (χ2v) is 4.69. The fourth-order valence-corrected chi connectivity index (χ4v) is 1.79. The molecule has 2 N–H and O–H groups in total. The molecule has 1 heterocycles. The van der Waals surface area contributed by atoms with Crippen LogP contribution in [0.4, 0.5) is 5.69 Å². The van der Waals surface area contributed by atoms with Crippen molar-refractivity contribution in [2.45, 2.75) is 13.5 Å². The number of hydrogen-bond acceptors (Lipinski definition) is 5. The van der Waals surface area contributed by atoms with Gasteiger partial charge in [0.15, 0.2) is 6.61 Å². The normalized spacial score (nSPS) is 9.96. The maximum atomic E-state index is 11.9. The molecule has 7 nitrogen and oxygen atoms in total. The Hall–Kier alpha value is -3.09. The molecule has 0 aliphatic carbocycles. The third kappa shape index (κ3) is 5.31. The van der Waals surface area contributed by atoms with E-state index in [1.165, 1.54) is 25.3 Å². The number of rotatable bonds is 6. The van der Waals surface area contributed by atoms with Crippen molar-refractivity contribution < 1.29 is 23.5 Å². The number of carbonyl (C=O) groups excluding carboxylic acids is 3. The molecule has 0 radical (unpaired) electrons. The second kappa shape index (κ2) is 7.79. The molecule has 2 rings (SSSR count). The molecule has 0 aliphatic rings. The Morgan fingerprint density at radius 1 is 1.17 bits per heavy atom. The summed E-state index contributed by atoms with van der Waals surface area (Å²) in [4.78, 5) is 34.5. The fraction of sp³-hybridized carbons (Fsp3) is 0.188. The van der Waals surface area contributed by atoms with Gasteiger partial charge in [-0.3, -0.25) is 9.59 Å². The van der Waals surface area contributed by atoms with Crippen LogP contribution in [-0.2, 0) is 20.9 Å². The quantitative estimate of drug-likeness (QED) is 0.791. The van der Waals surface area contributed by atoms with E-state index in [9.17, 15) is 14.4 Å². The van der Waals surface area contributed by atoms with Crippen molar-refractivity contribution in [1.82, 2.24) is 5.32 Å². The van der Waals surface area contributed by atoms with Gasteiger partial charge in [-0.15, -0.1) is 0 Å². The predicted molar refractivity (Wildman–Crippen MR) is 81.6 cm³/mol. The SMILES string of the molecule is CC(=O)Nc1cccc(C(=O)OCC(=O)NCc2ccco2)c1. The lowest BCUT2D eigenvalue weighted by Gasteiger charge is -2.07. The van der Waals surface area contributed by atoms with Crippen LogP contribution in [0.2, 0.25) is 0 Å². The van der Waals surface area contributed by atoms with Gasteiger partial charge >= 0.3 is 5.97 Å². The highest BCUT2D eigenvalue weighted by atomic mass is 16.5. The molecule has 7 heteroatoms. The van der Waals surface area contributed by atoms with Gasteiger partial charge < -0.3 is 19.8 Å². The van der Waals surface area contributed by atoms with Crippen LogP contribution < -0.4 is 10.6 Å². The van der Waals surface area contributed by atoms with E-state index in [1.807, 2.05) is 0 Å². The average Bonchev–Trinajstić information content (AvgIpc) is 3.03. The fourth-order valence-electron chi connectivity index (χ4n) is 1.79. The minimum Gasteiger partial charge on any atom is -0.467 e. The smallest absolute Gasteiger partial charge is 0.338 e. The van der Waals surface area contributed by atoms with Crippen molar-refractivity contribution in [3.05, 3.63) is 54.0 Å². The van der Waals surface area contributed by atoms with Gasteiger partial charge in [0.05, 0.1) is 18.4 Å². The first-order valence-corrected chi connectivity index (χ1v) is 6.88. The number of esters is 1. The molecule has 2 amide bonds. The van der Waals surface area contributed by atoms with Crippen LogP contribution in [0.25, 0.3) is 0 Å². The number of ether oxygens (including phenoxy) is 1. The third-order valence-electron chi connectivity index (χ3n) is 2.79. The van der Waals surface area contributed by atoms with Crippen LogP contribution in [0.15, 0.2) is 47.1 Å². The van der Waals surface area contributed by atoms with E-state index in [0.29, 0.717) is 11.4 Å². The predicted octanol–water partition coefficient (Wildman–Crippen LogP) is 1.71. The van der Waals surface area contributed by atoms with E-state index in [4.69, 9.17) is 9.15 Å². The summed E-state index contributed by atoms with van der Waals surface area (Å²) in [5, 5.41) is 5.13. The van der Waals surface area contributed by atoms with E-state index in [1.54, 1.807) is 24.3 Å². The monoisotopic (exact) mass is 316 g/mol. The van der Waals surface area contributed by atoms with Gasteiger partial charge in [0.2, 0.25) is 5.91 Å². The van der Waals surface area contributed by atoms with Crippen molar-refractivity contribution in [3.8, 4) is 0 Å². The first kappa shape index (κ1) is 16.3. The van der Waals surface area contributed by atoms with Gasteiger partial charge in [-0.05, 0) is 30.3 Å². The Morgan fingerprint density at radius 3 is 2.70 bits per heavy atom. The summed E-state index contributed by atoms with van der Waals surface area (Å²) in [5.74, 6) is -0.723. The average molecular weight is 316 g/mol. The molecule has 0 saturated carbocycles. The Labute approximate surface area is 132 Å². The first-order valence-electron chi connectivity index (χ1n) is 6.88. The molecule has 1 aromatic heterocycles. The van der Waals surface area contributed by atoms with Gasteiger partial charge in [-0.2, -0.15) is 0 Å². The van der Waals surface area contributed by atoms with Crippen molar-refractivity contribution >= 4 is 23.5 Å². The standard InChI is InChI=1S/C16H16N2O5/c1-11(19)18-13-5-2-4-12(8-13)16(21)23-10-15(20)17-9-14-6-3-7-22-14/h2-8H,9-10H2,1H3,(H,17,20)(H,18,19). The maximum Gasteiger partial charge on any atom is 0.338 e. The summed E-state index contributed by atoms with van der Waals surface area (Å²) in [5.41, 5.74) is 0.726. The molecular formula is C16H16N2O5. The molecule has 0 atom stereocenters. The minimum absolute atomic E-state index is 0.224. The zero-order valence-electron chi connectivity index (χ0n) is 12.5. The highest BCUT2D eigenvalue weighted by Gasteiger charge is 2.11. The molecular weight excluding hydrogens is 300 g/mol. The highest BCUT2D eigenvalue weighted by Crippen LogP contribution is 2.11. The number of amides is 2. The summed E-state index contributed by atoms with van der Waals surface area (Å²) in [6, 6.07) is 9.70. The number of carbonyl (C=O) groups is 3. The summed E-state index contributed by atoms with van der Waals surface area (Å²) in [6.07, 6.45) is 1.50. The number of furan rings is 1. The van der Waals surface area contributed by atoms with Crippen molar-refractivity contribution in [3.63, 3.8) is 0 Å². The van der Waals surface area contributed by atoms with E-state index in [2.05, 4.69) is 10.6 Å². The zero-order chi connectivity index (χ0) is 16.7. The number of nitrogens with one attached hydrogen (secondary N) is 2. The summed E-state index contributed by atoms with van der Waals surface area (Å²) >= 11 is 0. The zero-order valence-corrected chi connectivity index (χ0v) is 12.5. The van der Waals surface area contributed by atoms with Crippen LogP contribution in [0.1, 0.15) is 23.0 Å². The molecule has 0 bridgehead atoms. The van der Waals surface area contributed by atoms with Gasteiger partial charge in [0, 0.05) is 12.6 Å². The maximum absolute atomic E-state index is 11.9. The van der Waals surface area contributed by atoms with Crippen LogP contribution in [-0.4, -0.2) is 24.4 Å².